The number of aromatic nitrogens is 2. The molecule has 0 radical (unpaired) electrons. The van der Waals surface area contributed by atoms with Gasteiger partial charge in [-0.05, 0) is 11.1 Å². The largest absolute Gasteiger partial charge is 0.539 e. The summed E-state index contributed by atoms with van der Waals surface area (Å²) >= 11 is 0. The predicted octanol–water partition coefficient (Wildman–Crippen LogP) is 1.01. The maximum atomic E-state index is 11.8. The molecule has 0 unspecified atom stereocenters. The van der Waals surface area contributed by atoms with Crippen molar-refractivity contribution in [2.24, 2.45) is 0 Å². The molecule has 0 fully saturated rings. The lowest BCUT2D eigenvalue weighted by Gasteiger charge is -1.95. The van der Waals surface area contributed by atoms with Crippen molar-refractivity contribution in [1.82, 2.24) is 5.27 Å². The van der Waals surface area contributed by atoms with Crippen molar-refractivity contribution in [2.45, 2.75) is 19.8 Å². The lowest BCUT2D eigenvalue weighted by Crippen LogP contribution is -2.38. The van der Waals surface area contributed by atoms with Crippen LogP contribution in [0.1, 0.15) is 30.3 Å². The number of hydrogen-bond acceptors (Lipinski definition) is 4. The van der Waals surface area contributed by atoms with Crippen molar-refractivity contribution in [3.8, 4) is 11.6 Å². The second-order valence-electron chi connectivity index (χ2n) is 3.63. The topological polar surface area (TPSA) is 70.0 Å². The van der Waals surface area contributed by atoms with Crippen molar-refractivity contribution in [2.75, 3.05) is 0 Å². The molecule has 0 aliphatic rings. The molecule has 0 saturated carbocycles. The molecule has 1 aromatic carbocycles. The maximum absolute atomic E-state index is 11.8. The predicted molar refractivity (Wildman–Crippen MR) is 56.7 cm³/mol. The highest BCUT2D eigenvalue weighted by molar-refractivity contribution is 5.94. The third-order valence-electron chi connectivity index (χ3n) is 2.35. The van der Waals surface area contributed by atoms with E-state index in [9.17, 15) is 9.90 Å². The van der Waals surface area contributed by atoms with Crippen molar-refractivity contribution < 1.29 is 19.1 Å². The highest BCUT2D eigenvalue weighted by Crippen LogP contribution is 2.13. The van der Waals surface area contributed by atoms with Crippen LogP contribution in [0.25, 0.3) is 5.69 Å². The van der Waals surface area contributed by atoms with Gasteiger partial charge in [-0.2, -0.15) is 0 Å². The van der Waals surface area contributed by atoms with Gasteiger partial charge in [-0.15, -0.1) is 0 Å². The number of carbonyl (C=O) groups excluding carboxylic acids is 1. The number of carbonyl (C=O) groups is 1. The molecule has 0 aliphatic heterocycles. The quantitative estimate of drug-likeness (QED) is 0.582. The summed E-state index contributed by atoms with van der Waals surface area (Å²) in [4.78, 5) is 11.8. The average Bonchev–Trinajstić information content (AvgIpc) is 2.73. The second-order valence-corrected chi connectivity index (χ2v) is 3.63. The number of hydrogen-bond donors (Lipinski definition) is 0. The molecule has 1 heterocycles. The molecule has 0 amide bonds. The lowest BCUT2D eigenvalue weighted by molar-refractivity contribution is -0.672. The van der Waals surface area contributed by atoms with Gasteiger partial charge in [-0.3, -0.25) is 4.79 Å². The van der Waals surface area contributed by atoms with Gasteiger partial charge >= 0.3 is 5.69 Å². The summed E-state index contributed by atoms with van der Waals surface area (Å²) in [5.41, 5.74) is 0.621. The normalized spacial score (nSPS) is 10.4. The Labute approximate surface area is 98.3 Å². The fourth-order valence-corrected chi connectivity index (χ4v) is 1.57. The molecular weight excluding hydrogens is 220 g/mol. The first kappa shape index (κ1) is 11.3. The molecule has 0 atom stereocenters. The monoisotopic (exact) mass is 232 g/mol. The number of ketones is 1. The van der Waals surface area contributed by atoms with Gasteiger partial charge in [0.05, 0.1) is 5.27 Å². The molecule has 5 nitrogen and oxygen atoms in total. The first-order valence-corrected chi connectivity index (χ1v) is 5.41. The van der Waals surface area contributed by atoms with Crippen LogP contribution in [0.3, 0.4) is 0 Å². The fourth-order valence-electron chi connectivity index (χ4n) is 1.57. The van der Waals surface area contributed by atoms with Crippen LogP contribution >= 0.6 is 0 Å². The standard InChI is InChI=1S/C12H12N2O3/c1-2-6-10(15)11-12(16)17-13-14(11)9-7-4-3-5-8-9/h3-5,7-8H,2,6H2,1H3. The van der Waals surface area contributed by atoms with Gasteiger partial charge in [0.15, 0.2) is 5.95 Å². The minimum atomic E-state index is -0.688. The van der Waals surface area contributed by atoms with E-state index in [1.807, 2.05) is 13.0 Å². The van der Waals surface area contributed by atoms with E-state index >= 15 is 0 Å². The molecule has 17 heavy (non-hydrogen) atoms. The highest BCUT2D eigenvalue weighted by Gasteiger charge is 2.26. The molecule has 0 aliphatic carbocycles. The molecule has 2 rings (SSSR count). The zero-order valence-electron chi connectivity index (χ0n) is 9.42. The Hall–Kier alpha value is -2.17. The number of para-hydroxylation sites is 1. The smallest absolute Gasteiger partial charge is 0.306 e. The summed E-state index contributed by atoms with van der Waals surface area (Å²) < 4.78 is 5.80. The summed E-state index contributed by atoms with van der Waals surface area (Å²) in [5.74, 6) is -0.935. The van der Waals surface area contributed by atoms with Gasteiger partial charge in [0, 0.05) is 18.6 Å². The van der Waals surface area contributed by atoms with Gasteiger partial charge in [0.2, 0.25) is 11.5 Å². The van der Waals surface area contributed by atoms with Gasteiger partial charge < -0.3 is 9.63 Å². The average molecular weight is 232 g/mol. The van der Waals surface area contributed by atoms with Gasteiger partial charge in [-0.25, -0.2) is 0 Å². The van der Waals surface area contributed by atoms with Gasteiger partial charge in [0.25, 0.3) is 0 Å². The number of rotatable bonds is 4. The maximum Gasteiger partial charge on any atom is 0.306 e. The van der Waals surface area contributed by atoms with Gasteiger partial charge in [-0.1, -0.05) is 25.1 Å². The summed E-state index contributed by atoms with van der Waals surface area (Å²) in [7, 11) is 0. The first-order chi connectivity index (χ1) is 8.24. The van der Waals surface area contributed by atoms with Crippen LogP contribution < -0.4 is 9.79 Å². The Balaban J connectivity index is 2.46. The van der Waals surface area contributed by atoms with Crippen LogP contribution in [0.15, 0.2) is 34.9 Å². The molecule has 88 valence electrons. The van der Waals surface area contributed by atoms with E-state index in [0.717, 1.165) is 0 Å². The van der Waals surface area contributed by atoms with Crippen molar-refractivity contribution in [3.05, 3.63) is 36.0 Å². The SMILES string of the molecule is CCCC(=O)c1c([O-])on[n+]1-c1ccccc1. The summed E-state index contributed by atoms with van der Waals surface area (Å²) in [6.07, 6.45) is 0.988. The van der Waals surface area contributed by atoms with Gasteiger partial charge in [0.1, 0.15) is 0 Å². The number of Topliss-reactive ketones (excluding diaryl/α,β-unsaturated/α-hetero) is 1. The third kappa shape index (κ3) is 2.18. The van der Waals surface area contributed by atoms with Crippen molar-refractivity contribution in [3.63, 3.8) is 0 Å². The van der Waals surface area contributed by atoms with Crippen molar-refractivity contribution >= 4 is 5.78 Å². The summed E-state index contributed by atoms with van der Waals surface area (Å²) in [6.45, 7) is 1.88. The van der Waals surface area contributed by atoms with Crippen molar-refractivity contribution in [1.29, 1.82) is 0 Å². The Kier molecular flexibility index (Phi) is 3.18. The zero-order chi connectivity index (χ0) is 12.3. The molecule has 0 spiro atoms. The molecule has 5 heteroatoms. The van der Waals surface area contributed by atoms with E-state index < -0.39 is 5.95 Å². The van der Waals surface area contributed by atoms with E-state index in [-0.39, 0.29) is 11.5 Å². The molecule has 2 aromatic rings. The second kappa shape index (κ2) is 4.78. The third-order valence-corrected chi connectivity index (χ3v) is 2.35. The Bertz CT molecular complexity index is 520. The van der Waals surface area contributed by atoms with Crippen LogP contribution in [0, 0.1) is 0 Å². The minimum absolute atomic E-state index is 0.0157. The first-order valence-electron chi connectivity index (χ1n) is 5.41. The van der Waals surface area contributed by atoms with Crippen LogP contribution in [-0.4, -0.2) is 11.1 Å². The summed E-state index contributed by atoms with van der Waals surface area (Å²) in [6, 6.07) is 8.95. The van der Waals surface area contributed by atoms with E-state index in [0.29, 0.717) is 18.5 Å². The van der Waals surface area contributed by atoms with Crippen LogP contribution in [0.4, 0.5) is 0 Å². The van der Waals surface area contributed by atoms with E-state index in [2.05, 4.69) is 9.79 Å². The number of nitrogens with zero attached hydrogens (tertiary/aromatic N) is 2. The summed E-state index contributed by atoms with van der Waals surface area (Å²) in [5, 5.41) is 15.1. The van der Waals surface area contributed by atoms with Crippen LogP contribution in [0.5, 0.6) is 5.95 Å². The van der Waals surface area contributed by atoms with E-state index in [1.54, 1.807) is 24.3 Å². The van der Waals surface area contributed by atoms with Crippen LogP contribution in [-0.2, 0) is 0 Å². The molecule has 1 aromatic heterocycles. The fraction of sp³-hybridized carbons (Fsp3) is 0.250. The number of benzene rings is 1. The zero-order valence-corrected chi connectivity index (χ0v) is 9.42. The molecule has 0 saturated heterocycles. The minimum Gasteiger partial charge on any atom is -0.539 e. The Morgan fingerprint density at radius 2 is 2.12 bits per heavy atom. The molecule has 0 N–H and O–H groups in total. The Morgan fingerprint density at radius 1 is 1.41 bits per heavy atom. The highest BCUT2D eigenvalue weighted by atomic mass is 16.6. The van der Waals surface area contributed by atoms with E-state index in [1.165, 1.54) is 4.68 Å². The molecule has 0 bridgehead atoms. The van der Waals surface area contributed by atoms with E-state index in [4.69, 9.17) is 0 Å². The van der Waals surface area contributed by atoms with Crippen LogP contribution in [0.2, 0.25) is 0 Å². The molecular formula is C12H12N2O3. The Morgan fingerprint density at radius 3 is 2.76 bits per heavy atom. The lowest BCUT2D eigenvalue weighted by atomic mass is 10.2.